The quantitative estimate of drug-likeness (QED) is 0.660. The first-order valence-corrected chi connectivity index (χ1v) is 11.0. The normalized spacial score (nSPS) is 32.3. The first-order chi connectivity index (χ1) is 13.4. The molecule has 1 saturated heterocycles. The van der Waals surface area contributed by atoms with E-state index in [9.17, 15) is 9.18 Å². The van der Waals surface area contributed by atoms with Gasteiger partial charge in [-0.2, -0.15) is 0 Å². The van der Waals surface area contributed by atoms with Gasteiger partial charge in [-0.25, -0.2) is 9.18 Å². The summed E-state index contributed by atoms with van der Waals surface area (Å²) in [5.41, 5.74) is 1.46. The zero-order chi connectivity index (χ0) is 19.9. The number of likely N-dealkylation sites (tertiary alicyclic amines) is 1. The maximum atomic E-state index is 14.5. The average Bonchev–Trinajstić information content (AvgIpc) is 2.68. The second kappa shape index (κ2) is 7.78. The average molecular weight is 388 g/mol. The molecule has 3 aliphatic rings. The Kier molecular flexibility index (Phi) is 5.52. The van der Waals surface area contributed by atoms with E-state index in [4.69, 9.17) is 0 Å². The fourth-order valence-corrected chi connectivity index (χ4v) is 6.73. The number of hydrogen-bond acceptors (Lipinski definition) is 3. The van der Waals surface area contributed by atoms with Gasteiger partial charge in [-0.1, -0.05) is 19.9 Å². The minimum atomic E-state index is -0.489. The molecule has 1 aromatic carbocycles. The third-order valence-corrected chi connectivity index (χ3v) is 8.18. The van der Waals surface area contributed by atoms with Crippen molar-refractivity contribution >= 4 is 5.97 Å². The Balaban J connectivity index is 1.41. The van der Waals surface area contributed by atoms with E-state index in [-0.39, 0.29) is 11.4 Å². The predicted octanol–water partition coefficient (Wildman–Crippen LogP) is 5.29. The molecule has 2 bridgehead atoms. The van der Waals surface area contributed by atoms with Gasteiger partial charge in [0.05, 0.1) is 12.7 Å². The molecule has 1 heterocycles. The molecule has 4 atom stereocenters. The van der Waals surface area contributed by atoms with Gasteiger partial charge in [0.25, 0.3) is 0 Å². The van der Waals surface area contributed by atoms with Crippen LogP contribution < -0.4 is 0 Å². The third kappa shape index (κ3) is 3.60. The highest BCUT2D eigenvalue weighted by Crippen LogP contribution is 2.58. The summed E-state index contributed by atoms with van der Waals surface area (Å²) >= 11 is 0. The molecule has 0 aromatic heterocycles. The van der Waals surface area contributed by atoms with Crippen LogP contribution in [-0.2, 0) is 11.3 Å². The smallest absolute Gasteiger partial charge is 0.337 e. The van der Waals surface area contributed by atoms with Crippen LogP contribution in [0.25, 0.3) is 0 Å². The number of ether oxygens (including phenoxy) is 1. The van der Waals surface area contributed by atoms with Crippen molar-refractivity contribution in [3.63, 3.8) is 0 Å². The van der Waals surface area contributed by atoms with Gasteiger partial charge >= 0.3 is 5.97 Å². The highest BCUT2D eigenvalue weighted by atomic mass is 19.1. The lowest BCUT2D eigenvalue weighted by atomic mass is 9.50. The number of halogens is 1. The molecule has 1 spiro atoms. The Morgan fingerprint density at radius 1 is 1.18 bits per heavy atom. The molecule has 4 unspecified atom stereocenters. The summed E-state index contributed by atoms with van der Waals surface area (Å²) in [4.78, 5) is 14.0. The van der Waals surface area contributed by atoms with Gasteiger partial charge in [-0.15, -0.1) is 0 Å². The largest absolute Gasteiger partial charge is 0.465 e. The molecule has 28 heavy (non-hydrogen) atoms. The van der Waals surface area contributed by atoms with Crippen molar-refractivity contribution in [1.82, 2.24) is 4.90 Å². The number of rotatable bonds is 3. The molecular formula is C24H34FNO2. The first kappa shape index (κ1) is 19.9. The molecule has 2 saturated carbocycles. The fraction of sp³-hybridized carbons (Fsp3) is 0.708. The summed E-state index contributed by atoms with van der Waals surface area (Å²) in [5, 5.41) is 0. The number of fused-ring (bicyclic) bond motifs is 3. The van der Waals surface area contributed by atoms with E-state index in [1.54, 1.807) is 12.1 Å². The van der Waals surface area contributed by atoms with Crippen molar-refractivity contribution in [3.05, 3.63) is 35.1 Å². The maximum absolute atomic E-state index is 14.5. The Morgan fingerprint density at radius 2 is 1.93 bits per heavy atom. The van der Waals surface area contributed by atoms with Crippen LogP contribution in [0.2, 0.25) is 0 Å². The summed E-state index contributed by atoms with van der Waals surface area (Å²) in [7, 11) is 1.32. The van der Waals surface area contributed by atoms with E-state index in [1.807, 2.05) is 0 Å². The van der Waals surface area contributed by atoms with E-state index in [0.29, 0.717) is 17.5 Å². The Hall–Kier alpha value is -1.42. The fourth-order valence-electron chi connectivity index (χ4n) is 6.73. The van der Waals surface area contributed by atoms with Crippen molar-refractivity contribution in [2.75, 3.05) is 20.2 Å². The van der Waals surface area contributed by atoms with E-state index in [1.165, 1.54) is 51.7 Å². The van der Waals surface area contributed by atoms with E-state index >= 15 is 0 Å². The van der Waals surface area contributed by atoms with E-state index in [2.05, 4.69) is 23.5 Å². The Bertz CT molecular complexity index is 721. The number of nitrogens with zero attached hydrogens (tertiary/aromatic N) is 1. The van der Waals surface area contributed by atoms with Gasteiger partial charge < -0.3 is 4.74 Å². The van der Waals surface area contributed by atoms with Gasteiger partial charge in [0.15, 0.2) is 0 Å². The predicted molar refractivity (Wildman–Crippen MR) is 108 cm³/mol. The number of carbonyl (C=O) groups is 1. The molecule has 3 nitrogen and oxygen atoms in total. The zero-order valence-corrected chi connectivity index (χ0v) is 17.5. The van der Waals surface area contributed by atoms with Crippen LogP contribution in [0.1, 0.15) is 68.3 Å². The summed E-state index contributed by atoms with van der Waals surface area (Å²) in [5.74, 6) is 2.75. The van der Waals surface area contributed by atoms with Crippen molar-refractivity contribution in [2.45, 2.75) is 58.9 Å². The van der Waals surface area contributed by atoms with Gasteiger partial charge in [0.1, 0.15) is 5.82 Å². The SMILES string of the molecule is COC(=O)c1ccc(CN2CCC3(CC2)C(C)CC2CC(C)CC3C2)c(F)c1. The van der Waals surface area contributed by atoms with Crippen LogP contribution in [0.5, 0.6) is 0 Å². The Morgan fingerprint density at radius 3 is 2.61 bits per heavy atom. The standard InChI is InChI=1S/C24H34FNO2/c1-16-10-18-12-17(2)24(21(11-16)13-18)6-8-26(9-7-24)15-20-5-4-19(14-22(20)25)23(27)28-3/h4-5,14,16-18,21H,6-13,15H2,1-3H3. The molecule has 4 heteroatoms. The summed E-state index contributed by atoms with van der Waals surface area (Å²) < 4.78 is 19.2. The third-order valence-electron chi connectivity index (χ3n) is 8.18. The highest BCUT2D eigenvalue weighted by molar-refractivity contribution is 5.89. The van der Waals surface area contributed by atoms with Crippen LogP contribution in [0.15, 0.2) is 18.2 Å². The highest BCUT2D eigenvalue weighted by Gasteiger charge is 2.51. The minimum Gasteiger partial charge on any atom is -0.465 e. The summed E-state index contributed by atoms with van der Waals surface area (Å²) in [6.45, 7) is 7.67. The van der Waals surface area contributed by atoms with Crippen molar-refractivity contribution in [2.24, 2.45) is 29.1 Å². The van der Waals surface area contributed by atoms with Gasteiger partial charge in [-0.05, 0) is 92.8 Å². The van der Waals surface area contributed by atoms with Gasteiger partial charge in [-0.3, -0.25) is 4.90 Å². The van der Waals surface area contributed by atoms with E-state index < -0.39 is 5.97 Å². The van der Waals surface area contributed by atoms with Gasteiger partial charge in [0.2, 0.25) is 0 Å². The number of methoxy groups -OCH3 is 1. The zero-order valence-electron chi connectivity index (χ0n) is 17.5. The van der Waals surface area contributed by atoms with Gasteiger partial charge in [0, 0.05) is 12.1 Å². The minimum absolute atomic E-state index is 0.276. The monoisotopic (exact) mass is 387 g/mol. The lowest BCUT2D eigenvalue weighted by molar-refractivity contribution is -0.0796. The van der Waals surface area contributed by atoms with E-state index in [0.717, 1.165) is 36.8 Å². The molecule has 1 aliphatic heterocycles. The molecule has 0 radical (unpaired) electrons. The molecule has 0 amide bonds. The van der Waals surface area contributed by atoms with Crippen LogP contribution >= 0.6 is 0 Å². The molecule has 0 N–H and O–H groups in total. The van der Waals surface area contributed by atoms with Crippen molar-refractivity contribution in [1.29, 1.82) is 0 Å². The van der Waals surface area contributed by atoms with Crippen molar-refractivity contribution in [3.8, 4) is 0 Å². The summed E-state index contributed by atoms with van der Waals surface area (Å²) in [6.07, 6.45) is 8.19. The number of hydrogen-bond donors (Lipinski definition) is 0. The maximum Gasteiger partial charge on any atom is 0.337 e. The molecule has 154 valence electrons. The van der Waals surface area contributed by atoms with Crippen molar-refractivity contribution < 1.29 is 13.9 Å². The molecule has 4 rings (SSSR count). The molecular weight excluding hydrogens is 353 g/mol. The number of benzene rings is 1. The molecule has 1 aromatic rings. The van der Waals surface area contributed by atoms with Crippen LogP contribution in [0, 0.1) is 34.9 Å². The second-order valence-electron chi connectivity index (χ2n) is 9.82. The summed E-state index contributed by atoms with van der Waals surface area (Å²) in [6, 6.07) is 4.71. The molecule has 2 aliphatic carbocycles. The first-order valence-electron chi connectivity index (χ1n) is 11.0. The number of carbonyl (C=O) groups excluding carboxylic acids is 1. The lowest BCUT2D eigenvalue weighted by Crippen LogP contribution is -2.52. The Labute approximate surface area is 168 Å². The van der Waals surface area contributed by atoms with Crippen LogP contribution in [0.3, 0.4) is 0 Å². The lowest BCUT2D eigenvalue weighted by Gasteiger charge is -2.58. The number of piperidine rings is 1. The number of esters is 1. The van der Waals surface area contributed by atoms with Crippen LogP contribution in [0.4, 0.5) is 4.39 Å². The second-order valence-corrected chi connectivity index (χ2v) is 9.82. The van der Waals surface area contributed by atoms with Crippen LogP contribution in [-0.4, -0.2) is 31.1 Å². The molecule has 3 fully saturated rings. The topological polar surface area (TPSA) is 29.5 Å².